The van der Waals surface area contributed by atoms with Crippen LogP contribution in [0.1, 0.15) is 38.4 Å². The molecule has 2 rings (SSSR count). The van der Waals surface area contributed by atoms with Gasteiger partial charge in [-0.2, -0.15) is 16.7 Å². The lowest BCUT2D eigenvalue weighted by molar-refractivity contribution is 0.256. The van der Waals surface area contributed by atoms with E-state index in [1.54, 1.807) is 0 Å². The second kappa shape index (κ2) is 7.14. The van der Waals surface area contributed by atoms with Crippen LogP contribution in [-0.2, 0) is 12.2 Å². The van der Waals surface area contributed by atoms with Gasteiger partial charge in [-0.15, -0.1) is 0 Å². The zero-order valence-corrected chi connectivity index (χ0v) is 12.1. The van der Waals surface area contributed by atoms with Gasteiger partial charge in [0.1, 0.15) is 0 Å². The van der Waals surface area contributed by atoms with Crippen LogP contribution >= 0.6 is 11.8 Å². The van der Waals surface area contributed by atoms with E-state index in [9.17, 15) is 0 Å². The van der Waals surface area contributed by atoms with E-state index in [-0.39, 0.29) is 0 Å². The van der Waals surface area contributed by atoms with Gasteiger partial charge in [0.2, 0.25) is 5.89 Å². The number of aromatic nitrogens is 2. The summed E-state index contributed by atoms with van der Waals surface area (Å²) >= 11 is 1.83. The Bertz CT molecular complexity index is 350. The van der Waals surface area contributed by atoms with Crippen molar-refractivity contribution in [3.05, 3.63) is 11.7 Å². The Balaban J connectivity index is 1.82. The summed E-state index contributed by atoms with van der Waals surface area (Å²) in [6.07, 6.45) is 3.52. The zero-order valence-electron chi connectivity index (χ0n) is 11.3. The van der Waals surface area contributed by atoms with E-state index in [1.165, 1.54) is 19.4 Å². The number of piperidine rings is 1. The molecule has 2 unspecified atom stereocenters. The van der Waals surface area contributed by atoms with Gasteiger partial charge in [0.15, 0.2) is 5.82 Å². The number of hydrogen-bond acceptors (Lipinski definition) is 5. The number of nitrogens with one attached hydrogen (secondary N) is 1. The molecule has 1 aliphatic heterocycles. The van der Waals surface area contributed by atoms with Gasteiger partial charge in [0, 0.05) is 6.42 Å². The van der Waals surface area contributed by atoms with Crippen LogP contribution in [0.4, 0.5) is 0 Å². The average molecular weight is 269 g/mol. The van der Waals surface area contributed by atoms with Gasteiger partial charge in [0.25, 0.3) is 0 Å². The van der Waals surface area contributed by atoms with Gasteiger partial charge >= 0.3 is 0 Å². The Hall–Kier alpha value is -0.550. The van der Waals surface area contributed by atoms with E-state index >= 15 is 0 Å². The highest BCUT2D eigenvalue weighted by Gasteiger charge is 2.22. The summed E-state index contributed by atoms with van der Waals surface area (Å²) in [5, 5.41) is 7.49. The predicted molar refractivity (Wildman–Crippen MR) is 74.6 cm³/mol. The fourth-order valence-corrected chi connectivity index (χ4v) is 2.94. The largest absolute Gasteiger partial charge is 0.339 e. The molecule has 0 spiro atoms. The highest BCUT2D eigenvalue weighted by molar-refractivity contribution is 7.98. The van der Waals surface area contributed by atoms with Gasteiger partial charge in [-0.25, -0.2) is 0 Å². The molecule has 0 radical (unpaired) electrons. The summed E-state index contributed by atoms with van der Waals surface area (Å²) in [7, 11) is 0. The summed E-state index contributed by atoms with van der Waals surface area (Å²) in [6.45, 7) is 6.74. The van der Waals surface area contributed by atoms with Crippen LogP contribution in [0.5, 0.6) is 0 Å². The summed E-state index contributed by atoms with van der Waals surface area (Å²) in [5.74, 6) is 4.96. The molecule has 1 saturated heterocycles. The first-order valence-electron chi connectivity index (χ1n) is 6.89. The molecule has 1 aliphatic rings. The van der Waals surface area contributed by atoms with Crippen molar-refractivity contribution in [2.24, 2.45) is 11.8 Å². The molecule has 0 aliphatic carbocycles. The van der Waals surface area contributed by atoms with Crippen molar-refractivity contribution in [2.75, 3.05) is 18.8 Å². The molecule has 0 aromatic carbocycles. The molecule has 1 aromatic rings. The van der Waals surface area contributed by atoms with Gasteiger partial charge < -0.3 is 9.84 Å². The van der Waals surface area contributed by atoms with E-state index in [0.29, 0.717) is 5.92 Å². The summed E-state index contributed by atoms with van der Waals surface area (Å²) in [5.41, 5.74) is 0. The van der Waals surface area contributed by atoms with Crippen molar-refractivity contribution in [3.8, 4) is 0 Å². The first-order chi connectivity index (χ1) is 8.79. The predicted octanol–water partition coefficient (Wildman–Crippen LogP) is 2.50. The van der Waals surface area contributed by atoms with Crippen LogP contribution in [0.3, 0.4) is 0 Å². The minimum absolute atomic E-state index is 0.616. The average Bonchev–Trinajstić information content (AvgIpc) is 2.85. The van der Waals surface area contributed by atoms with E-state index < -0.39 is 0 Å². The van der Waals surface area contributed by atoms with Crippen molar-refractivity contribution in [2.45, 2.75) is 38.9 Å². The molecule has 1 N–H and O–H groups in total. The maximum absolute atomic E-state index is 5.33. The third-order valence-electron chi connectivity index (χ3n) is 3.58. The van der Waals surface area contributed by atoms with Gasteiger partial charge in [-0.1, -0.05) is 19.0 Å². The van der Waals surface area contributed by atoms with E-state index in [4.69, 9.17) is 4.52 Å². The maximum atomic E-state index is 5.33. The molecular formula is C13H23N3OS. The summed E-state index contributed by atoms with van der Waals surface area (Å²) in [4.78, 5) is 4.46. The number of nitrogens with zero attached hydrogens (tertiary/aromatic N) is 2. The number of thioether (sulfide) groups is 1. The minimum Gasteiger partial charge on any atom is -0.339 e. The highest BCUT2D eigenvalue weighted by atomic mass is 32.2. The van der Waals surface area contributed by atoms with E-state index in [2.05, 4.69) is 29.3 Å². The standard InChI is InChI=1S/C13H23N3OS/c1-3-18-9-12-15-13(17-16-12)7-10(2)11-5-4-6-14-8-11/h10-11,14H,3-9H2,1-2H3. The van der Waals surface area contributed by atoms with Crippen molar-refractivity contribution >= 4 is 11.8 Å². The SMILES string of the molecule is CCSCc1noc(CC(C)C2CCCNC2)n1. The second-order valence-electron chi connectivity index (χ2n) is 5.03. The van der Waals surface area contributed by atoms with Crippen LogP contribution in [0.15, 0.2) is 4.52 Å². The minimum atomic E-state index is 0.616. The van der Waals surface area contributed by atoms with Gasteiger partial charge in [0.05, 0.1) is 5.75 Å². The molecule has 2 heterocycles. The quantitative estimate of drug-likeness (QED) is 0.860. The third-order valence-corrected chi connectivity index (χ3v) is 4.45. The Kier molecular flexibility index (Phi) is 5.50. The molecule has 102 valence electrons. The van der Waals surface area contributed by atoms with Crippen molar-refractivity contribution < 1.29 is 4.52 Å². The monoisotopic (exact) mass is 269 g/mol. The molecule has 1 aromatic heterocycles. The lowest BCUT2D eigenvalue weighted by atomic mass is 9.85. The van der Waals surface area contributed by atoms with Gasteiger partial charge in [-0.05, 0) is 43.5 Å². The van der Waals surface area contributed by atoms with Crippen molar-refractivity contribution in [1.82, 2.24) is 15.5 Å². The van der Waals surface area contributed by atoms with Crippen LogP contribution in [-0.4, -0.2) is 29.0 Å². The Morgan fingerprint density at radius 2 is 2.44 bits per heavy atom. The van der Waals surface area contributed by atoms with Crippen LogP contribution in [0.2, 0.25) is 0 Å². The fraction of sp³-hybridized carbons (Fsp3) is 0.846. The number of hydrogen-bond donors (Lipinski definition) is 1. The molecule has 0 amide bonds. The van der Waals surface area contributed by atoms with Crippen molar-refractivity contribution in [1.29, 1.82) is 0 Å². The van der Waals surface area contributed by atoms with Crippen LogP contribution in [0.25, 0.3) is 0 Å². The summed E-state index contributed by atoms with van der Waals surface area (Å²) < 4.78 is 5.33. The molecule has 5 heteroatoms. The first kappa shape index (κ1) is 13.9. The smallest absolute Gasteiger partial charge is 0.226 e. The Morgan fingerprint density at radius 3 is 3.17 bits per heavy atom. The van der Waals surface area contributed by atoms with Crippen LogP contribution in [0, 0.1) is 11.8 Å². The lowest BCUT2D eigenvalue weighted by Gasteiger charge is -2.27. The molecule has 2 atom stereocenters. The summed E-state index contributed by atoms with van der Waals surface area (Å²) in [6, 6.07) is 0. The normalized spacial score (nSPS) is 22.0. The third kappa shape index (κ3) is 3.99. The number of rotatable bonds is 6. The van der Waals surface area contributed by atoms with E-state index in [0.717, 1.165) is 42.1 Å². The second-order valence-corrected chi connectivity index (χ2v) is 6.30. The molecular weight excluding hydrogens is 246 g/mol. The molecule has 1 fully saturated rings. The highest BCUT2D eigenvalue weighted by Crippen LogP contribution is 2.23. The Labute approximate surface area is 113 Å². The topological polar surface area (TPSA) is 51.0 Å². The Morgan fingerprint density at radius 1 is 1.56 bits per heavy atom. The van der Waals surface area contributed by atoms with E-state index in [1.807, 2.05) is 11.8 Å². The zero-order chi connectivity index (χ0) is 12.8. The fourth-order valence-electron chi connectivity index (χ4n) is 2.43. The lowest BCUT2D eigenvalue weighted by Crippen LogP contribution is -2.33. The first-order valence-corrected chi connectivity index (χ1v) is 8.05. The molecule has 18 heavy (non-hydrogen) atoms. The molecule has 0 saturated carbocycles. The van der Waals surface area contributed by atoms with Crippen LogP contribution < -0.4 is 5.32 Å². The molecule has 0 bridgehead atoms. The maximum Gasteiger partial charge on any atom is 0.226 e. The molecule has 4 nitrogen and oxygen atoms in total. The van der Waals surface area contributed by atoms with Crippen molar-refractivity contribution in [3.63, 3.8) is 0 Å². The van der Waals surface area contributed by atoms with Gasteiger partial charge in [-0.3, -0.25) is 0 Å².